The lowest BCUT2D eigenvalue weighted by atomic mass is 10.0. The van der Waals surface area contributed by atoms with Crippen molar-refractivity contribution in [3.63, 3.8) is 0 Å². The number of carbonyl (C=O) groups is 1. The largest absolute Gasteiger partial charge is 0.355 e. The summed E-state index contributed by atoms with van der Waals surface area (Å²) in [5.41, 5.74) is 0. The van der Waals surface area contributed by atoms with E-state index in [1.165, 1.54) is 0 Å². The average Bonchev–Trinajstić information content (AvgIpc) is 1.85. The van der Waals surface area contributed by atoms with Crippen molar-refractivity contribution in [1.29, 1.82) is 0 Å². The average molecular weight is 194 g/mol. The van der Waals surface area contributed by atoms with Crippen molar-refractivity contribution in [2.24, 2.45) is 5.92 Å². The Kier molecular flexibility index (Phi) is 6.06. The van der Waals surface area contributed by atoms with E-state index in [1.807, 2.05) is 0 Å². The number of likely N-dealkylation sites (N-methyl/N-ethyl adjacent to an activating group) is 1. The van der Waals surface area contributed by atoms with Gasteiger partial charge in [-0.15, -0.1) is 12.4 Å². The standard InChI is InChI=1S/C7H15N3O.ClH/c1-8-5-7(11)10-4-6-2-9-3-6;/h6,8-9H,2-5H2,1H3,(H,10,11);1H. The Hall–Kier alpha value is -0.320. The topological polar surface area (TPSA) is 53.2 Å². The predicted octanol–water partition coefficient (Wildman–Crippen LogP) is -1.04. The Labute approximate surface area is 78.9 Å². The van der Waals surface area contributed by atoms with Gasteiger partial charge < -0.3 is 16.0 Å². The molecule has 1 aliphatic heterocycles. The number of halogens is 1. The smallest absolute Gasteiger partial charge is 0.233 e. The Morgan fingerprint density at radius 3 is 2.67 bits per heavy atom. The van der Waals surface area contributed by atoms with Gasteiger partial charge in [-0.2, -0.15) is 0 Å². The Balaban J connectivity index is 0.00000121. The van der Waals surface area contributed by atoms with Crippen LogP contribution in [0.2, 0.25) is 0 Å². The molecule has 1 aliphatic rings. The zero-order valence-electron chi connectivity index (χ0n) is 7.22. The SMILES string of the molecule is CNCC(=O)NCC1CNC1.Cl. The third-order valence-electron chi connectivity index (χ3n) is 1.79. The molecular formula is C7H16ClN3O. The summed E-state index contributed by atoms with van der Waals surface area (Å²) >= 11 is 0. The highest BCUT2D eigenvalue weighted by molar-refractivity contribution is 5.85. The minimum absolute atomic E-state index is 0. The fourth-order valence-corrected chi connectivity index (χ4v) is 0.974. The summed E-state index contributed by atoms with van der Waals surface area (Å²) in [5, 5.41) is 8.79. The molecule has 0 atom stereocenters. The lowest BCUT2D eigenvalue weighted by molar-refractivity contribution is -0.120. The van der Waals surface area contributed by atoms with E-state index in [0.29, 0.717) is 12.5 Å². The summed E-state index contributed by atoms with van der Waals surface area (Å²) in [7, 11) is 1.77. The fraction of sp³-hybridized carbons (Fsp3) is 0.857. The molecule has 0 aromatic carbocycles. The third-order valence-corrected chi connectivity index (χ3v) is 1.79. The van der Waals surface area contributed by atoms with E-state index in [-0.39, 0.29) is 18.3 Å². The molecule has 1 heterocycles. The monoisotopic (exact) mass is 193 g/mol. The quantitative estimate of drug-likeness (QED) is 0.535. The summed E-state index contributed by atoms with van der Waals surface area (Å²) in [6.45, 7) is 3.31. The van der Waals surface area contributed by atoms with Gasteiger partial charge in [0.15, 0.2) is 0 Å². The van der Waals surface area contributed by atoms with Gasteiger partial charge in [0.25, 0.3) is 0 Å². The molecule has 1 saturated heterocycles. The first kappa shape index (κ1) is 11.7. The summed E-state index contributed by atoms with van der Waals surface area (Å²) in [4.78, 5) is 10.9. The molecule has 72 valence electrons. The second-order valence-electron chi connectivity index (χ2n) is 2.86. The van der Waals surface area contributed by atoms with Gasteiger partial charge in [-0.1, -0.05) is 0 Å². The molecule has 0 aromatic heterocycles. The maximum Gasteiger partial charge on any atom is 0.233 e. The lowest BCUT2D eigenvalue weighted by Crippen LogP contribution is -2.49. The predicted molar refractivity (Wildman–Crippen MR) is 50.5 cm³/mol. The van der Waals surface area contributed by atoms with Gasteiger partial charge >= 0.3 is 0 Å². The van der Waals surface area contributed by atoms with Crippen LogP contribution in [0.4, 0.5) is 0 Å². The second-order valence-corrected chi connectivity index (χ2v) is 2.86. The zero-order valence-corrected chi connectivity index (χ0v) is 8.04. The molecular weight excluding hydrogens is 178 g/mol. The van der Waals surface area contributed by atoms with E-state index in [1.54, 1.807) is 7.05 Å². The van der Waals surface area contributed by atoms with Crippen molar-refractivity contribution in [2.75, 3.05) is 33.2 Å². The first-order valence-corrected chi connectivity index (χ1v) is 3.95. The molecule has 0 aliphatic carbocycles. The molecule has 1 rings (SSSR count). The molecule has 0 spiro atoms. The Morgan fingerprint density at radius 1 is 1.58 bits per heavy atom. The van der Waals surface area contributed by atoms with Crippen LogP contribution in [-0.4, -0.2) is 39.1 Å². The van der Waals surface area contributed by atoms with E-state index in [9.17, 15) is 4.79 Å². The first-order chi connectivity index (χ1) is 5.33. The van der Waals surface area contributed by atoms with Gasteiger partial charge in [-0.25, -0.2) is 0 Å². The van der Waals surface area contributed by atoms with Gasteiger partial charge in [0.05, 0.1) is 6.54 Å². The number of rotatable bonds is 4. The third kappa shape index (κ3) is 3.90. The number of carbonyl (C=O) groups excluding carboxylic acids is 1. The fourth-order valence-electron chi connectivity index (χ4n) is 0.974. The van der Waals surface area contributed by atoms with Crippen LogP contribution in [0, 0.1) is 5.92 Å². The summed E-state index contributed by atoms with van der Waals surface area (Å²) in [6, 6.07) is 0. The van der Waals surface area contributed by atoms with Crippen molar-refractivity contribution in [1.82, 2.24) is 16.0 Å². The highest BCUT2D eigenvalue weighted by atomic mass is 35.5. The Bertz CT molecular complexity index is 139. The number of hydrogen-bond donors (Lipinski definition) is 3. The van der Waals surface area contributed by atoms with Crippen LogP contribution < -0.4 is 16.0 Å². The van der Waals surface area contributed by atoms with Gasteiger partial charge in [0.1, 0.15) is 0 Å². The number of nitrogens with one attached hydrogen (secondary N) is 3. The maximum atomic E-state index is 10.9. The van der Waals surface area contributed by atoms with Crippen molar-refractivity contribution < 1.29 is 4.79 Å². The van der Waals surface area contributed by atoms with E-state index < -0.39 is 0 Å². The number of amides is 1. The molecule has 4 nitrogen and oxygen atoms in total. The molecule has 12 heavy (non-hydrogen) atoms. The van der Waals surface area contributed by atoms with Crippen LogP contribution >= 0.6 is 12.4 Å². The highest BCUT2D eigenvalue weighted by Gasteiger charge is 2.16. The van der Waals surface area contributed by atoms with Gasteiger partial charge in [0, 0.05) is 25.6 Å². The number of hydrogen-bond acceptors (Lipinski definition) is 3. The highest BCUT2D eigenvalue weighted by Crippen LogP contribution is 1.98. The van der Waals surface area contributed by atoms with E-state index in [2.05, 4.69) is 16.0 Å². The second kappa shape index (κ2) is 6.22. The van der Waals surface area contributed by atoms with Crippen LogP contribution in [0.5, 0.6) is 0 Å². The molecule has 0 saturated carbocycles. The van der Waals surface area contributed by atoms with Crippen LogP contribution in [-0.2, 0) is 4.79 Å². The summed E-state index contributed by atoms with van der Waals surface area (Å²) in [6.07, 6.45) is 0. The molecule has 5 heteroatoms. The molecule has 0 unspecified atom stereocenters. The van der Waals surface area contributed by atoms with Gasteiger partial charge in [0.2, 0.25) is 5.91 Å². The van der Waals surface area contributed by atoms with Crippen LogP contribution in [0.1, 0.15) is 0 Å². The van der Waals surface area contributed by atoms with Crippen molar-refractivity contribution in [2.45, 2.75) is 0 Å². The van der Waals surface area contributed by atoms with Crippen LogP contribution in [0.3, 0.4) is 0 Å². The summed E-state index contributed by atoms with van der Waals surface area (Å²) in [5.74, 6) is 0.732. The molecule has 1 fully saturated rings. The van der Waals surface area contributed by atoms with Gasteiger partial charge in [-0.3, -0.25) is 4.79 Å². The minimum atomic E-state index is 0. The molecule has 3 N–H and O–H groups in total. The minimum Gasteiger partial charge on any atom is -0.355 e. The normalized spacial score (nSPS) is 16.1. The Morgan fingerprint density at radius 2 is 2.25 bits per heavy atom. The molecule has 0 aromatic rings. The van der Waals surface area contributed by atoms with Crippen molar-refractivity contribution >= 4 is 18.3 Å². The zero-order chi connectivity index (χ0) is 8.10. The summed E-state index contributed by atoms with van der Waals surface area (Å²) < 4.78 is 0. The van der Waals surface area contributed by atoms with Crippen molar-refractivity contribution in [3.05, 3.63) is 0 Å². The van der Waals surface area contributed by atoms with Crippen molar-refractivity contribution in [3.8, 4) is 0 Å². The maximum absolute atomic E-state index is 10.9. The lowest BCUT2D eigenvalue weighted by Gasteiger charge is -2.26. The first-order valence-electron chi connectivity index (χ1n) is 3.95. The van der Waals surface area contributed by atoms with E-state index in [4.69, 9.17) is 0 Å². The molecule has 1 amide bonds. The van der Waals surface area contributed by atoms with E-state index >= 15 is 0 Å². The molecule has 0 bridgehead atoms. The van der Waals surface area contributed by atoms with Crippen LogP contribution in [0.15, 0.2) is 0 Å². The van der Waals surface area contributed by atoms with Gasteiger partial charge in [-0.05, 0) is 7.05 Å². The van der Waals surface area contributed by atoms with E-state index in [0.717, 1.165) is 19.6 Å². The van der Waals surface area contributed by atoms with Crippen LogP contribution in [0.25, 0.3) is 0 Å². The molecule has 0 radical (unpaired) electrons.